The molecule has 2 N–H and O–H groups in total. The van der Waals surface area contributed by atoms with Crippen LogP contribution in [0.5, 0.6) is 0 Å². The molecular weight excluding hydrogens is 174 g/mol. The average molecular weight is 199 g/mol. The highest BCUT2D eigenvalue weighted by Gasteiger charge is 2.28. The molecule has 3 atom stereocenters. The molecule has 0 aromatic heterocycles. The quantitative estimate of drug-likeness (QED) is 0.712. The second kappa shape index (κ2) is 5.13. The molecule has 0 heterocycles. The first kappa shape index (κ1) is 12.0. The molecule has 0 aromatic rings. The largest absolute Gasteiger partial charge is 0.396 e. The number of aliphatic hydroxyl groups excluding tert-OH is 1. The molecule has 0 aromatic carbocycles. The maximum Gasteiger partial charge on any atom is 0.0448 e. The molecule has 2 heteroatoms. The zero-order chi connectivity index (χ0) is 10.6. The minimum Gasteiger partial charge on any atom is -0.396 e. The maximum atomic E-state index is 9.02. The minimum absolute atomic E-state index is 0.142. The van der Waals surface area contributed by atoms with Crippen LogP contribution in [0.2, 0.25) is 0 Å². The molecule has 1 saturated carbocycles. The van der Waals surface area contributed by atoms with Crippen LogP contribution >= 0.6 is 0 Å². The Morgan fingerprint density at radius 2 is 2.14 bits per heavy atom. The van der Waals surface area contributed by atoms with Gasteiger partial charge in [0.2, 0.25) is 0 Å². The van der Waals surface area contributed by atoms with Gasteiger partial charge in [-0.15, -0.1) is 0 Å². The van der Waals surface area contributed by atoms with Crippen LogP contribution in [0.4, 0.5) is 0 Å². The Morgan fingerprint density at radius 3 is 2.57 bits per heavy atom. The average Bonchev–Trinajstić information content (AvgIpc) is 2.51. The summed E-state index contributed by atoms with van der Waals surface area (Å²) >= 11 is 0. The molecule has 0 spiro atoms. The van der Waals surface area contributed by atoms with Crippen LogP contribution in [0.15, 0.2) is 0 Å². The molecule has 0 radical (unpaired) electrons. The fourth-order valence-corrected chi connectivity index (χ4v) is 2.43. The Morgan fingerprint density at radius 1 is 1.43 bits per heavy atom. The molecular formula is C12H25NO. The van der Waals surface area contributed by atoms with Crippen molar-refractivity contribution in [2.24, 2.45) is 5.92 Å². The molecule has 0 aliphatic heterocycles. The van der Waals surface area contributed by atoms with Gasteiger partial charge in [0, 0.05) is 18.2 Å². The number of nitrogens with one attached hydrogen (secondary N) is 1. The van der Waals surface area contributed by atoms with Gasteiger partial charge >= 0.3 is 0 Å². The van der Waals surface area contributed by atoms with Crippen LogP contribution in [0, 0.1) is 5.92 Å². The Hall–Kier alpha value is -0.0800. The van der Waals surface area contributed by atoms with Gasteiger partial charge in [0.1, 0.15) is 0 Å². The maximum absolute atomic E-state index is 9.02. The molecule has 1 fully saturated rings. The summed E-state index contributed by atoms with van der Waals surface area (Å²) < 4.78 is 0. The highest BCUT2D eigenvalue weighted by molar-refractivity contribution is 4.88. The van der Waals surface area contributed by atoms with Crippen LogP contribution in [0.1, 0.15) is 52.9 Å². The molecule has 3 unspecified atom stereocenters. The van der Waals surface area contributed by atoms with E-state index in [4.69, 9.17) is 5.11 Å². The number of hydrogen-bond acceptors (Lipinski definition) is 2. The second-order valence-electron chi connectivity index (χ2n) is 5.15. The van der Waals surface area contributed by atoms with Crippen molar-refractivity contribution in [3.05, 3.63) is 0 Å². The third-order valence-electron chi connectivity index (χ3n) is 3.69. The van der Waals surface area contributed by atoms with E-state index in [1.54, 1.807) is 0 Å². The van der Waals surface area contributed by atoms with Crippen molar-refractivity contribution in [3.8, 4) is 0 Å². The fraction of sp³-hybridized carbons (Fsp3) is 1.00. The molecule has 84 valence electrons. The van der Waals surface area contributed by atoms with Crippen molar-refractivity contribution in [1.82, 2.24) is 5.32 Å². The Balaban J connectivity index is 2.39. The molecule has 1 aliphatic carbocycles. The van der Waals surface area contributed by atoms with Crippen molar-refractivity contribution >= 4 is 0 Å². The van der Waals surface area contributed by atoms with E-state index < -0.39 is 0 Å². The summed E-state index contributed by atoms with van der Waals surface area (Å²) in [5, 5.41) is 12.7. The predicted octanol–water partition coefficient (Wildman–Crippen LogP) is 2.32. The summed E-state index contributed by atoms with van der Waals surface area (Å²) in [6.07, 6.45) is 5.94. The van der Waals surface area contributed by atoms with Crippen LogP contribution in [0.25, 0.3) is 0 Å². The SMILES string of the molecule is CCC(C)(CCO)NC1CCC(C)C1. The molecule has 1 rings (SSSR count). The van der Waals surface area contributed by atoms with E-state index in [2.05, 4.69) is 26.1 Å². The van der Waals surface area contributed by atoms with Crippen LogP contribution in [-0.4, -0.2) is 23.3 Å². The fourth-order valence-electron chi connectivity index (χ4n) is 2.43. The summed E-state index contributed by atoms with van der Waals surface area (Å²) in [5.74, 6) is 0.878. The van der Waals surface area contributed by atoms with Crippen molar-refractivity contribution in [2.75, 3.05) is 6.61 Å². The van der Waals surface area contributed by atoms with Crippen LogP contribution in [-0.2, 0) is 0 Å². The zero-order valence-corrected chi connectivity index (χ0v) is 9.84. The van der Waals surface area contributed by atoms with Gasteiger partial charge in [-0.2, -0.15) is 0 Å². The molecule has 0 saturated heterocycles. The predicted molar refractivity (Wildman–Crippen MR) is 60.3 cm³/mol. The van der Waals surface area contributed by atoms with Gasteiger partial charge in [0.15, 0.2) is 0 Å². The third-order valence-corrected chi connectivity index (χ3v) is 3.69. The lowest BCUT2D eigenvalue weighted by atomic mass is 9.93. The van der Waals surface area contributed by atoms with Crippen molar-refractivity contribution in [2.45, 2.75) is 64.5 Å². The van der Waals surface area contributed by atoms with E-state index in [1.165, 1.54) is 19.3 Å². The van der Waals surface area contributed by atoms with Gasteiger partial charge in [0.25, 0.3) is 0 Å². The van der Waals surface area contributed by atoms with Gasteiger partial charge in [-0.05, 0) is 44.9 Å². The molecule has 0 amide bonds. The van der Waals surface area contributed by atoms with Crippen molar-refractivity contribution in [3.63, 3.8) is 0 Å². The van der Waals surface area contributed by atoms with Crippen LogP contribution in [0.3, 0.4) is 0 Å². The molecule has 0 bridgehead atoms. The highest BCUT2D eigenvalue weighted by atomic mass is 16.3. The van der Waals surface area contributed by atoms with Crippen molar-refractivity contribution < 1.29 is 5.11 Å². The van der Waals surface area contributed by atoms with E-state index in [-0.39, 0.29) is 5.54 Å². The van der Waals surface area contributed by atoms with Gasteiger partial charge in [0.05, 0.1) is 0 Å². The number of rotatable bonds is 5. The first-order valence-electron chi connectivity index (χ1n) is 5.98. The van der Waals surface area contributed by atoms with E-state index in [1.807, 2.05) is 0 Å². The number of aliphatic hydroxyl groups is 1. The lowest BCUT2D eigenvalue weighted by Crippen LogP contribution is -2.47. The topological polar surface area (TPSA) is 32.3 Å². The molecule has 1 aliphatic rings. The van der Waals surface area contributed by atoms with Crippen molar-refractivity contribution in [1.29, 1.82) is 0 Å². The zero-order valence-electron chi connectivity index (χ0n) is 9.84. The Kier molecular flexibility index (Phi) is 4.39. The van der Waals surface area contributed by atoms with E-state index in [0.717, 1.165) is 18.8 Å². The monoisotopic (exact) mass is 199 g/mol. The van der Waals surface area contributed by atoms with Gasteiger partial charge in [-0.25, -0.2) is 0 Å². The highest BCUT2D eigenvalue weighted by Crippen LogP contribution is 2.27. The normalized spacial score (nSPS) is 31.7. The summed E-state index contributed by atoms with van der Waals surface area (Å²) in [6.45, 7) is 7.05. The standard InChI is InChI=1S/C12H25NO/c1-4-12(3,7-8-14)13-11-6-5-10(2)9-11/h10-11,13-14H,4-9H2,1-3H3. The smallest absolute Gasteiger partial charge is 0.0448 e. The van der Waals surface area contributed by atoms with Crippen LogP contribution < -0.4 is 5.32 Å². The van der Waals surface area contributed by atoms with Gasteiger partial charge in [-0.1, -0.05) is 13.8 Å². The summed E-state index contributed by atoms with van der Waals surface area (Å²) in [4.78, 5) is 0. The first-order chi connectivity index (χ1) is 6.59. The van der Waals surface area contributed by atoms with E-state index in [0.29, 0.717) is 12.6 Å². The Labute approximate surface area is 88.1 Å². The molecule has 14 heavy (non-hydrogen) atoms. The Bertz CT molecular complexity index is 172. The molecule has 2 nitrogen and oxygen atoms in total. The summed E-state index contributed by atoms with van der Waals surface area (Å²) in [6, 6.07) is 0.682. The summed E-state index contributed by atoms with van der Waals surface area (Å²) in [7, 11) is 0. The lowest BCUT2D eigenvalue weighted by molar-refractivity contribution is 0.201. The minimum atomic E-state index is 0.142. The van der Waals surface area contributed by atoms with E-state index in [9.17, 15) is 0 Å². The number of hydrogen-bond donors (Lipinski definition) is 2. The first-order valence-corrected chi connectivity index (χ1v) is 5.98. The summed E-state index contributed by atoms with van der Waals surface area (Å²) in [5.41, 5.74) is 0.142. The third kappa shape index (κ3) is 3.25. The van der Waals surface area contributed by atoms with Gasteiger partial charge < -0.3 is 10.4 Å². The van der Waals surface area contributed by atoms with Gasteiger partial charge in [-0.3, -0.25) is 0 Å². The van der Waals surface area contributed by atoms with E-state index >= 15 is 0 Å². The lowest BCUT2D eigenvalue weighted by Gasteiger charge is -2.32. The second-order valence-corrected chi connectivity index (χ2v) is 5.15.